The summed E-state index contributed by atoms with van der Waals surface area (Å²) in [6, 6.07) is 3.38. The average molecular weight is 543 g/mol. The van der Waals surface area contributed by atoms with E-state index >= 15 is 0 Å². The lowest BCUT2D eigenvalue weighted by atomic mass is 9.83. The largest absolute Gasteiger partial charge is 0.493 e. The molecule has 0 saturated carbocycles. The summed E-state index contributed by atoms with van der Waals surface area (Å²) in [5.74, 6) is 0.648. The van der Waals surface area contributed by atoms with E-state index in [-0.39, 0.29) is 31.2 Å². The number of aliphatic carboxylic acids is 1. The number of amides is 1. The van der Waals surface area contributed by atoms with Gasteiger partial charge in [-0.3, -0.25) is 14.5 Å². The number of carboxylic acid groups (broad SMARTS) is 1. The van der Waals surface area contributed by atoms with Crippen molar-refractivity contribution in [1.29, 1.82) is 0 Å². The Kier molecular flexibility index (Phi) is 9.72. The van der Waals surface area contributed by atoms with Gasteiger partial charge in [-0.2, -0.15) is 0 Å². The molecule has 0 spiro atoms. The number of nitrogens with zero attached hydrogens (tertiary/aromatic N) is 4. The van der Waals surface area contributed by atoms with Gasteiger partial charge in [-0.15, -0.1) is 0 Å². The van der Waals surface area contributed by atoms with Gasteiger partial charge < -0.3 is 28.8 Å². The van der Waals surface area contributed by atoms with Crippen molar-refractivity contribution in [1.82, 2.24) is 19.4 Å². The SMILES string of the molecule is CCCCN(CCCC)C(=O)CN1C[C@H](c2cc(OC)c3c(c2)OCO3)[C@@H](C(=O)O)[C@@H]1CCc1nccn1C. The predicted octanol–water partition coefficient (Wildman–Crippen LogP) is 3.69. The molecule has 1 saturated heterocycles. The van der Waals surface area contributed by atoms with Crippen LogP contribution in [0.2, 0.25) is 0 Å². The molecule has 3 atom stereocenters. The number of carboxylic acids is 1. The number of aromatic nitrogens is 2. The lowest BCUT2D eigenvalue weighted by molar-refractivity contribution is -0.143. The Morgan fingerprint density at radius 1 is 1.18 bits per heavy atom. The zero-order valence-corrected chi connectivity index (χ0v) is 23.6. The van der Waals surface area contributed by atoms with Gasteiger partial charge in [0.25, 0.3) is 0 Å². The lowest BCUT2D eigenvalue weighted by Gasteiger charge is -2.29. The second-order valence-corrected chi connectivity index (χ2v) is 10.5. The number of methoxy groups -OCH3 is 1. The number of ether oxygens (including phenoxy) is 3. The molecule has 0 bridgehead atoms. The zero-order valence-electron chi connectivity index (χ0n) is 23.6. The fraction of sp³-hybridized carbons (Fsp3) is 0.621. The molecular weight excluding hydrogens is 500 g/mol. The zero-order chi connectivity index (χ0) is 27.9. The summed E-state index contributed by atoms with van der Waals surface area (Å²) in [6.45, 7) is 6.45. The molecule has 1 aromatic carbocycles. The standard InChI is InChI=1S/C29H42N4O6/c1-5-7-12-32(13-8-6-2)26(34)18-33-17-21(20-15-23(37-4)28-24(16-20)38-19-39-28)27(29(35)36)22(33)9-10-25-30-11-14-31(25)3/h11,14-16,21-22,27H,5-10,12-13,17-19H2,1-4H3,(H,35,36)/t21-,22+,27-/m1/s1. The maximum absolute atomic E-state index is 13.6. The summed E-state index contributed by atoms with van der Waals surface area (Å²) in [7, 11) is 3.50. The number of carbonyl (C=O) groups excluding carboxylic acids is 1. The molecule has 10 nitrogen and oxygen atoms in total. The van der Waals surface area contributed by atoms with Crippen LogP contribution < -0.4 is 14.2 Å². The van der Waals surface area contributed by atoms with Crippen LogP contribution in [0.25, 0.3) is 0 Å². The van der Waals surface area contributed by atoms with Crippen LogP contribution in [0.5, 0.6) is 17.2 Å². The fourth-order valence-electron chi connectivity index (χ4n) is 5.80. The number of imidazole rings is 1. The molecule has 39 heavy (non-hydrogen) atoms. The number of fused-ring (bicyclic) bond motifs is 1. The van der Waals surface area contributed by atoms with Crippen molar-refractivity contribution in [2.75, 3.05) is 40.1 Å². The van der Waals surface area contributed by atoms with E-state index in [1.807, 2.05) is 34.8 Å². The molecule has 10 heteroatoms. The van der Waals surface area contributed by atoms with E-state index in [4.69, 9.17) is 14.2 Å². The Bertz CT molecular complexity index is 1130. The van der Waals surface area contributed by atoms with Crippen LogP contribution in [0.1, 0.15) is 63.3 Å². The van der Waals surface area contributed by atoms with Crippen molar-refractivity contribution in [3.05, 3.63) is 35.9 Å². The molecule has 2 aromatic rings. The molecule has 1 amide bonds. The molecule has 0 radical (unpaired) electrons. The first kappa shape index (κ1) is 28.7. The van der Waals surface area contributed by atoms with Gasteiger partial charge in [0.2, 0.25) is 18.4 Å². The van der Waals surface area contributed by atoms with Crippen LogP contribution >= 0.6 is 0 Å². The monoisotopic (exact) mass is 542 g/mol. The molecule has 3 heterocycles. The third-order valence-electron chi connectivity index (χ3n) is 7.98. The van der Waals surface area contributed by atoms with Gasteiger partial charge in [0.15, 0.2) is 11.5 Å². The summed E-state index contributed by atoms with van der Waals surface area (Å²) in [4.78, 5) is 34.9. The molecule has 0 aliphatic carbocycles. The first-order chi connectivity index (χ1) is 18.9. The van der Waals surface area contributed by atoms with Crippen molar-refractivity contribution in [3.8, 4) is 17.2 Å². The van der Waals surface area contributed by atoms with Crippen molar-refractivity contribution < 1.29 is 28.9 Å². The number of hydrogen-bond donors (Lipinski definition) is 1. The Morgan fingerprint density at radius 3 is 2.54 bits per heavy atom. The maximum atomic E-state index is 13.6. The molecular formula is C29H42N4O6. The molecule has 4 rings (SSSR count). The molecule has 0 unspecified atom stereocenters. The molecule has 1 fully saturated rings. The number of carbonyl (C=O) groups is 2. The van der Waals surface area contributed by atoms with Gasteiger partial charge in [-0.25, -0.2) is 4.98 Å². The number of aryl methyl sites for hydroxylation is 2. The molecule has 2 aliphatic rings. The van der Waals surface area contributed by atoms with Crippen LogP contribution in [0.3, 0.4) is 0 Å². The second-order valence-electron chi connectivity index (χ2n) is 10.5. The summed E-state index contributed by atoms with van der Waals surface area (Å²) in [5.41, 5.74) is 0.814. The highest BCUT2D eigenvalue weighted by molar-refractivity contribution is 5.79. The highest BCUT2D eigenvalue weighted by Crippen LogP contribution is 2.47. The topological polar surface area (TPSA) is 106 Å². The van der Waals surface area contributed by atoms with Crippen molar-refractivity contribution >= 4 is 11.9 Å². The van der Waals surface area contributed by atoms with E-state index in [2.05, 4.69) is 23.7 Å². The highest BCUT2D eigenvalue weighted by Gasteiger charge is 2.47. The van der Waals surface area contributed by atoms with Crippen LogP contribution in [0.15, 0.2) is 24.5 Å². The van der Waals surface area contributed by atoms with E-state index in [1.165, 1.54) is 0 Å². The molecule has 1 aromatic heterocycles. The summed E-state index contributed by atoms with van der Waals surface area (Å²) < 4.78 is 18.7. The normalized spacial score (nSPS) is 20.4. The Hall–Kier alpha value is -3.27. The van der Waals surface area contributed by atoms with E-state index in [0.717, 1.165) is 50.2 Å². The maximum Gasteiger partial charge on any atom is 0.308 e. The predicted molar refractivity (Wildman–Crippen MR) is 146 cm³/mol. The smallest absolute Gasteiger partial charge is 0.308 e. The summed E-state index contributed by atoms with van der Waals surface area (Å²) in [6.07, 6.45) is 8.78. The lowest BCUT2D eigenvalue weighted by Crippen LogP contribution is -2.45. The molecule has 214 valence electrons. The van der Waals surface area contributed by atoms with Crippen molar-refractivity contribution in [3.63, 3.8) is 0 Å². The number of hydrogen-bond acceptors (Lipinski definition) is 7. The Morgan fingerprint density at radius 2 is 1.92 bits per heavy atom. The van der Waals surface area contributed by atoms with Gasteiger partial charge >= 0.3 is 5.97 Å². The fourth-order valence-corrected chi connectivity index (χ4v) is 5.80. The third kappa shape index (κ3) is 6.49. The summed E-state index contributed by atoms with van der Waals surface area (Å²) in [5, 5.41) is 10.5. The minimum atomic E-state index is -0.870. The van der Waals surface area contributed by atoms with E-state index in [0.29, 0.717) is 36.6 Å². The van der Waals surface area contributed by atoms with Gasteiger partial charge in [0, 0.05) is 57.5 Å². The minimum Gasteiger partial charge on any atom is -0.493 e. The van der Waals surface area contributed by atoms with Crippen LogP contribution in [-0.4, -0.2) is 82.5 Å². The molecule has 2 aliphatic heterocycles. The highest BCUT2D eigenvalue weighted by atomic mass is 16.7. The molecule has 1 N–H and O–H groups in total. The van der Waals surface area contributed by atoms with Gasteiger partial charge in [-0.1, -0.05) is 26.7 Å². The Balaban J connectivity index is 1.64. The number of rotatable bonds is 14. The Labute approximate surface area is 230 Å². The summed E-state index contributed by atoms with van der Waals surface area (Å²) >= 11 is 0. The first-order valence-corrected chi connectivity index (χ1v) is 14.1. The number of unbranched alkanes of at least 4 members (excludes halogenated alkanes) is 2. The van der Waals surface area contributed by atoms with Crippen molar-refractivity contribution in [2.45, 2.75) is 64.3 Å². The second kappa shape index (κ2) is 13.2. The average Bonchev–Trinajstić information content (AvgIpc) is 3.65. The van der Waals surface area contributed by atoms with Crippen molar-refractivity contribution in [2.24, 2.45) is 13.0 Å². The van der Waals surface area contributed by atoms with Crippen LogP contribution in [-0.2, 0) is 23.1 Å². The van der Waals surface area contributed by atoms with Gasteiger partial charge in [0.1, 0.15) is 5.82 Å². The van der Waals surface area contributed by atoms with Crippen LogP contribution in [0.4, 0.5) is 0 Å². The quantitative estimate of drug-likeness (QED) is 0.385. The van der Waals surface area contributed by atoms with E-state index in [9.17, 15) is 14.7 Å². The van der Waals surface area contributed by atoms with Crippen LogP contribution in [0, 0.1) is 5.92 Å². The number of likely N-dealkylation sites (tertiary alicyclic amines) is 1. The van der Waals surface area contributed by atoms with Gasteiger partial charge in [-0.05, 0) is 37.0 Å². The van der Waals surface area contributed by atoms with E-state index in [1.54, 1.807) is 13.3 Å². The first-order valence-electron chi connectivity index (χ1n) is 14.1. The minimum absolute atomic E-state index is 0.0620. The number of benzene rings is 1. The van der Waals surface area contributed by atoms with E-state index < -0.39 is 11.9 Å². The third-order valence-corrected chi connectivity index (χ3v) is 7.98. The van der Waals surface area contributed by atoms with Gasteiger partial charge in [0.05, 0.1) is 19.6 Å².